The van der Waals surface area contributed by atoms with E-state index in [1.54, 1.807) is 48.6 Å². The van der Waals surface area contributed by atoms with Gasteiger partial charge in [0.05, 0.1) is 5.71 Å². The SMILES string of the molecule is O=C(NN=C1C=CC(=NO)C=C1)c1ccccc1. The maximum atomic E-state index is 11.7. The molecule has 0 radical (unpaired) electrons. The van der Waals surface area contributed by atoms with Crippen molar-refractivity contribution >= 4 is 17.3 Å². The van der Waals surface area contributed by atoms with Gasteiger partial charge in [-0.05, 0) is 36.4 Å². The van der Waals surface area contributed by atoms with E-state index in [2.05, 4.69) is 15.7 Å². The molecule has 0 spiro atoms. The molecular weight excluding hydrogens is 230 g/mol. The number of amides is 1. The number of oxime groups is 1. The third-order valence-corrected chi connectivity index (χ3v) is 2.29. The van der Waals surface area contributed by atoms with Gasteiger partial charge in [0.25, 0.3) is 5.91 Å². The van der Waals surface area contributed by atoms with Gasteiger partial charge in [-0.3, -0.25) is 4.79 Å². The van der Waals surface area contributed by atoms with E-state index < -0.39 is 0 Å². The van der Waals surface area contributed by atoms with Gasteiger partial charge in [0.1, 0.15) is 5.71 Å². The van der Waals surface area contributed by atoms with Crippen LogP contribution in [0.3, 0.4) is 0 Å². The van der Waals surface area contributed by atoms with E-state index in [4.69, 9.17) is 5.21 Å². The standard InChI is InChI=1S/C13H11N3O2/c17-13(10-4-2-1-3-5-10)15-14-11-6-8-12(16-18)9-7-11/h1-9,18H,(H,15,17). The summed E-state index contributed by atoms with van der Waals surface area (Å²) in [6.45, 7) is 0. The average Bonchev–Trinajstić information content (AvgIpc) is 2.46. The number of hydrogen-bond donors (Lipinski definition) is 2. The molecule has 0 fully saturated rings. The summed E-state index contributed by atoms with van der Waals surface area (Å²) in [5, 5.41) is 15.5. The highest BCUT2D eigenvalue weighted by Crippen LogP contribution is 1.99. The predicted octanol–water partition coefficient (Wildman–Crippen LogP) is 1.73. The Balaban J connectivity index is 2.01. The first-order chi connectivity index (χ1) is 8.79. The van der Waals surface area contributed by atoms with Crippen molar-refractivity contribution in [3.8, 4) is 0 Å². The fourth-order valence-electron chi connectivity index (χ4n) is 1.36. The van der Waals surface area contributed by atoms with Crippen LogP contribution in [0.4, 0.5) is 0 Å². The topological polar surface area (TPSA) is 74.0 Å². The monoisotopic (exact) mass is 241 g/mol. The van der Waals surface area contributed by atoms with Crippen LogP contribution in [-0.2, 0) is 0 Å². The van der Waals surface area contributed by atoms with Crippen molar-refractivity contribution in [2.45, 2.75) is 0 Å². The van der Waals surface area contributed by atoms with Crippen LogP contribution in [0.5, 0.6) is 0 Å². The van der Waals surface area contributed by atoms with Crippen LogP contribution in [0.25, 0.3) is 0 Å². The van der Waals surface area contributed by atoms with Gasteiger partial charge >= 0.3 is 0 Å². The minimum absolute atomic E-state index is 0.272. The number of benzene rings is 1. The molecule has 18 heavy (non-hydrogen) atoms. The maximum Gasteiger partial charge on any atom is 0.271 e. The fourth-order valence-corrected chi connectivity index (χ4v) is 1.36. The van der Waals surface area contributed by atoms with Crippen molar-refractivity contribution in [1.82, 2.24) is 5.43 Å². The van der Waals surface area contributed by atoms with Crippen LogP contribution in [0.1, 0.15) is 10.4 Å². The largest absolute Gasteiger partial charge is 0.410 e. The normalized spacial score (nSPS) is 13.3. The molecule has 0 saturated carbocycles. The predicted molar refractivity (Wildman–Crippen MR) is 68.8 cm³/mol. The summed E-state index contributed by atoms with van der Waals surface area (Å²) in [4.78, 5) is 11.7. The Bertz CT molecular complexity index is 539. The van der Waals surface area contributed by atoms with Crippen molar-refractivity contribution < 1.29 is 10.0 Å². The first kappa shape index (κ1) is 11.8. The third-order valence-electron chi connectivity index (χ3n) is 2.29. The van der Waals surface area contributed by atoms with E-state index in [1.807, 2.05) is 6.07 Å². The molecule has 1 aliphatic carbocycles. The Labute approximate surface area is 104 Å². The molecule has 0 atom stereocenters. The number of carbonyl (C=O) groups is 1. The fraction of sp³-hybridized carbons (Fsp3) is 0. The second kappa shape index (κ2) is 5.58. The molecule has 0 heterocycles. The van der Waals surface area contributed by atoms with Gasteiger partial charge in [0.15, 0.2) is 0 Å². The summed E-state index contributed by atoms with van der Waals surface area (Å²) in [7, 11) is 0. The van der Waals surface area contributed by atoms with Crippen LogP contribution >= 0.6 is 0 Å². The number of rotatable bonds is 2. The van der Waals surface area contributed by atoms with Crippen molar-refractivity contribution in [1.29, 1.82) is 0 Å². The molecule has 0 aromatic heterocycles. The van der Waals surface area contributed by atoms with Gasteiger partial charge in [0, 0.05) is 5.56 Å². The van der Waals surface area contributed by atoms with E-state index >= 15 is 0 Å². The molecule has 5 heteroatoms. The second-order valence-electron chi connectivity index (χ2n) is 3.54. The second-order valence-corrected chi connectivity index (χ2v) is 3.54. The number of nitrogens with one attached hydrogen (secondary N) is 1. The van der Waals surface area contributed by atoms with Crippen molar-refractivity contribution in [3.63, 3.8) is 0 Å². The van der Waals surface area contributed by atoms with E-state index in [-0.39, 0.29) is 5.91 Å². The highest BCUT2D eigenvalue weighted by atomic mass is 16.4. The summed E-state index contributed by atoms with van der Waals surface area (Å²) in [6, 6.07) is 8.82. The molecule has 2 N–H and O–H groups in total. The van der Waals surface area contributed by atoms with Crippen LogP contribution in [-0.4, -0.2) is 22.5 Å². The minimum Gasteiger partial charge on any atom is -0.410 e. The van der Waals surface area contributed by atoms with Crippen LogP contribution in [0, 0.1) is 0 Å². The van der Waals surface area contributed by atoms with Gasteiger partial charge in [-0.15, -0.1) is 0 Å². The molecule has 1 aromatic rings. The molecule has 0 aliphatic heterocycles. The molecule has 90 valence electrons. The Hall–Kier alpha value is -2.69. The van der Waals surface area contributed by atoms with Gasteiger partial charge in [-0.1, -0.05) is 23.4 Å². The molecule has 1 aromatic carbocycles. The van der Waals surface area contributed by atoms with Crippen LogP contribution in [0.15, 0.2) is 64.9 Å². The Morgan fingerprint density at radius 3 is 2.22 bits per heavy atom. The number of carbonyl (C=O) groups excluding carboxylic acids is 1. The molecule has 0 saturated heterocycles. The van der Waals surface area contributed by atoms with Crippen LogP contribution in [0.2, 0.25) is 0 Å². The first-order valence-corrected chi connectivity index (χ1v) is 5.31. The van der Waals surface area contributed by atoms with E-state index in [0.717, 1.165) is 0 Å². The van der Waals surface area contributed by atoms with Gasteiger partial charge < -0.3 is 5.21 Å². The zero-order chi connectivity index (χ0) is 12.8. The number of nitrogens with zero attached hydrogens (tertiary/aromatic N) is 2. The third kappa shape index (κ3) is 2.91. The highest BCUT2D eigenvalue weighted by Gasteiger charge is 2.03. The Morgan fingerprint density at radius 1 is 1.00 bits per heavy atom. The minimum atomic E-state index is -0.272. The molecule has 0 bridgehead atoms. The zero-order valence-electron chi connectivity index (χ0n) is 9.45. The number of allylic oxidation sites excluding steroid dienone is 4. The lowest BCUT2D eigenvalue weighted by molar-refractivity contribution is 0.0955. The first-order valence-electron chi connectivity index (χ1n) is 5.31. The van der Waals surface area contributed by atoms with Gasteiger partial charge in [-0.2, -0.15) is 5.10 Å². The Kier molecular flexibility index (Phi) is 3.66. The quantitative estimate of drug-likeness (QED) is 0.470. The van der Waals surface area contributed by atoms with Crippen molar-refractivity contribution in [2.75, 3.05) is 0 Å². The lowest BCUT2D eigenvalue weighted by atomic mass is 10.1. The van der Waals surface area contributed by atoms with E-state index in [0.29, 0.717) is 17.0 Å². The Morgan fingerprint density at radius 2 is 1.61 bits per heavy atom. The molecular formula is C13H11N3O2. The van der Waals surface area contributed by atoms with Crippen molar-refractivity contribution in [2.24, 2.45) is 10.3 Å². The molecule has 5 nitrogen and oxygen atoms in total. The lowest BCUT2D eigenvalue weighted by Crippen LogP contribution is -2.19. The van der Waals surface area contributed by atoms with Crippen LogP contribution < -0.4 is 5.43 Å². The average molecular weight is 241 g/mol. The van der Waals surface area contributed by atoms with Crippen molar-refractivity contribution in [3.05, 3.63) is 60.2 Å². The highest BCUT2D eigenvalue weighted by molar-refractivity contribution is 6.18. The van der Waals surface area contributed by atoms with E-state index in [9.17, 15) is 4.79 Å². The maximum absolute atomic E-state index is 11.7. The van der Waals surface area contributed by atoms with E-state index in [1.165, 1.54) is 0 Å². The van der Waals surface area contributed by atoms with Gasteiger partial charge in [0.2, 0.25) is 0 Å². The summed E-state index contributed by atoms with van der Waals surface area (Å²) < 4.78 is 0. The smallest absolute Gasteiger partial charge is 0.271 e. The number of hydrazone groups is 1. The number of hydrogen-bond acceptors (Lipinski definition) is 4. The van der Waals surface area contributed by atoms with Gasteiger partial charge in [-0.25, -0.2) is 5.43 Å². The summed E-state index contributed by atoms with van der Waals surface area (Å²) in [6.07, 6.45) is 6.46. The molecule has 1 amide bonds. The zero-order valence-corrected chi connectivity index (χ0v) is 9.45. The lowest BCUT2D eigenvalue weighted by Gasteiger charge is -2.02. The molecule has 1 aliphatic rings. The molecule has 2 rings (SSSR count). The summed E-state index contributed by atoms with van der Waals surface area (Å²) in [5.74, 6) is -0.272. The summed E-state index contributed by atoms with van der Waals surface area (Å²) in [5.41, 5.74) is 4.00. The summed E-state index contributed by atoms with van der Waals surface area (Å²) >= 11 is 0. The molecule has 0 unspecified atom stereocenters.